The fraction of sp³-hybridized carbons (Fsp3) is 0. The predicted molar refractivity (Wildman–Crippen MR) is 249 cm³/mol. The van der Waals surface area contributed by atoms with Gasteiger partial charge in [0.05, 0.1) is 33.3 Å². The minimum absolute atomic E-state index is 0.612. The van der Waals surface area contributed by atoms with E-state index in [2.05, 4.69) is 144 Å². The zero-order chi connectivity index (χ0) is 40.3. The largest absolute Gasteiger partial charge is 0.308 e. The third kappa shape index (κ3) is 5.84. The van der Waals surface area contributed by atoms with E-state index in [9.17, 15) is 0 Å². The molecule has 61 heavy (non-hydrogen) atoms. The van der Waals surface area contributed by atoms with E-state index in [1.807, 2.05) is 66.7 Å². The molecule has 0 unspecified atom stereocenters. The second-order valence-electron chi connectivity index (χ2n) is 15.3. The molecule has 4 heterocycles. The van der Waals surface area contributed by atoms with Gasteiger partial charge in [0.1, 0.15) is 0 Å². The topological polar surface area (TPSA) is 68.9 Å². The number of para-hydroxylation sites is 1. The maximum atomic E-state index is 5.45. The summed E-state index contributed by atoms with van der Waals surface area (Å²) in [6.07, 6.45) is 0. The van der Waals surface area contributed by atoms with E-state index in [0.717, 1.165) is 93.6 Å². The van der Waals surface area contributed by atoms with Gasteiger partial charge in [-0.3, -0.25) is 0 Å². The first-order valence-corrected chi connectivity index (χ1v) is 20.4. The lowest BCUT2D eigenvalue weighted by Crippen LogP contribution is -2.00. The van der Waals surface area contributed by atoms with Crippen LogP contribution in [0.15, 0.2) is 206 Å². The third-order valence-electron chi connectivity index (χ3n) is 11.6. The van der Waals surface area contributed by atoms with Crippen LogP contribution in [0.1, 0.15) is 0 Å². The predicted octanol–water partition coefficient (Wildman–Crippen LogP) is 13.5. The van der Waals surface area contributed by atoms with E-state index >= 15 is 0 Å². The first-order chi connectivity index (χ1) is 30.2. The zero-order valence-corrected chi connectivity index (χ0v) is 32.8. The lowest BCUT2D eigenvalue weighted by molar-refractivity contribution is 1.07. The van der Waals surface area contributed by atoms with Gasteiger partial charge in [0.2, 0.25) is 0 Å². The van der Waals surface area contributed by atoms with Gasteiger partial charge in [-0.25, -0.2) is 24.9 Å². The standard InChI is InChI=1S/C55H34N6/c1-5-17-35(18-6-1)39-29-31-44-48(34-39)61-47-32-30-40(54-59-52(37-21-9-3-10-22-37)58-53(60-54)38-23-11-4-12-24-38)33-45(47)41-25-13-14-26-42(41)51(61)49(44)55-56-46-28-16-15-27-43(46)50(57-55)36-19-7-2-8-20-36/h1-34H. The van der Waals surface area contributed by atoms with Crippen LogP contribution >= 0.6 is 0 Å². The maximum absolute atomic E-state index is 5.45. The first kappa shape index (κ1) is 34.7. The molecule has 12 aromatic rings. The van der Waals surface area contributed by atoms with Crippen LogP contribution in [0, 0.1) is 0 Å². The highest BCUT2D eigenvalue weighted by Gasteiger charge is 2.24. The van der Waals surface area contributed by atoms with Gasteiger partial charge in [-0.1, -0.05) is 176 Å². The van der Waals surface area contributed by atoms with E-state index in [1.54, 1.807) is 0 Å². The molecule has 0 atom stereocenters. The Bertz CT molecular complexity index is 3570. The van der Waals surface area contributed by atoms with Gasteiger partial charge in [0.25, 0.3) is 0 Å². The van der Waals surface area contributed by atoms with Crippen molar-refractivity contribution in [3.05, 3.63) is 206 Å². The number of hydrogen-bond acceptors (Lipinski definition) is 5. The molecule has 284 valence electrons. The molecule has 0 aliphatic carbocycles. The number of rotatable bonds is 6. The van der Waals surface area contributed by atoms with Crippen LogP contribution in [0.5, 0.6) is 0 Å². The number of hydrogen-bond donors (Lipinski definition) is 0. The van der Waals surface area contributed by atoms with Crippen molar-refractivity contribution in [1.29, 1.82) is 0 Å². The van der Waals surface area contributed by atoms with Crippen molar-refractivity contribution in [2.45, 2.75) is 0 Å². The Labute approximate surface area is 351 Å². The van der Waals surface area contributed by atoms with Gasteiger partial charge in [-0.15, -0.1) is 0 Å². The molecule has 0 saturated carbocycles. The average molecular weight is 779 g/mol. The molecule has 0 N–H and O–H groups in total. The van der Waals surface area contributed by atoms with Crippen molar-refractivity contribution in [1.82, 2.24) is 29.3 Å². The van der Waals surface area contributed by atoms with Crippen LogP contribution < -0.4 is 0 Å². The Morgan fingerprint density at radius 2 is 0.803 bits per heavy atom. The smallest absolute Gasteiger partial charge is 0.164 e. The molecule has 8 aromatic carbocycles. The summed E-state index contributed by atoms with van der Waals surface area (Å²) in [5.74, 6) is 2.56. The van der Waals surface area contributed by atoms with Gasteiger partial charge in [-0.05, 0) is 46.8 Å². The average Bonchev–Trinajstić information content (AvgIpc) is 3.69. The molecule has 0 radical (unpaired) electrons. The van der Waals surface area contributed by atoms with Crippen LogP contribution in [-0.4, -0.2) is 29.3 Å². The molecule has 0 spiro atoms. The molecule has 6 nitrogen and oxygen atoms in total. The summed E-state index contributed by atoms with van der Waals surface area (Å²) in [5.41, 5.74) is 12.1. The molecule has 6 heteroatoms. The Morgan fingerprint density at radius 3 is 1.46 bits per heavy atom. The van der Waals surface area contributed by atoms with Gasteiger partial charge < -0.3 is 4.40 Å². The number of nitrogens with zero attached hydrogens (tertiary/aromatic N) is 6. The fourth-order valence-corrected chi connectivity index (χ4v) is 8.78. The van der Waals surface area contributed by atoms with E-state index < -0.39 is 0 Å². The Morgan fingerprint density at radius 1 is 0.279 bits per heavy atom. The van der Waals surface area contributed by atoms with Gasteiger partial charge in [0.15, 0.2) is 23.3 Å². The highest BCUT2D eigenvalue weighted by Crippen LogP contribution is 2.44. The van der Waals surface area contributed by atoms with Gasteiger partial charge in [0, 0.05) is 43.8 Å². The molecule has 0 aliphatic heterocycles. The van der Waals surface area contributed by atoms with Gasteiger partial charge in [-0.2, -0.15) is 0 Å². The monoisotopic (exact) mass is 778 g/mol. The summed E-state index contributed by atoms with van der Waals surface area (Å²) in [6.45, 7) is 0. The maximum Gasteiger partial charge on any atom is 0.164 e. The number of aromatic nitrogens is 6. The molecule has 0 amide bonds. The SMILES string of the molecule is c1ccc(-c2ccc3c(-c4nc(-c5ccccc5)c5ccccc5n4)c4c5ccccc5c5cc(-c6nc(-c7ccccc7)nc(-c7ccccc7)n6)ccc5n4c3c2)cc1. The normalized spacial score (nSPS) is 11.6. The van der Waals surface area contributed by atoms with Crippen molar-refractivity contribution in [3.8, 4) is 67.9 Å². The Balaban J connectivity index is 1.17. The van der Waals surface area contributed by atoms with Crippen LogP contribution in [0.3, 0.4) is 0 Å². The van der Waals surface area contributed by atoms with Crippen molar-refractivity contribution in [3.63, 3.8) is 0 Å². The van der Waals surface area contributed by atoms with Crippen LogP contribution in [0.2, 0.25) is 0 Å². The first-order valence-electron chi connectivity index (χ1n) is 20.4. The molecule has 0 fully saturated rings. The summed E-state index contributed by atoms with van der Waals surface area (Å²) >= 11 is 0. The highest BCUT2D eigenvalue weighted by molar-refractivity contribution is 6.22. The number of fused-ring (bicyclic) bond motifs is 9. The van der Waals surface area contributed by atoms with E-state index in [1.165, 1.54) is 0 Å². The molecule has 4 aromatic heterocycles. The summed E-state index contributed by atoms with van der Waals surface area (Å²) in [6, 6.07) is 71.6. The van der Waals surface area contributed by atoms with Gasteiger partial charge >= 0.3 is 0 Å². The van der Waals surface area contributed by atoms with Crippen molar-refractivity contribution in [2.24, 2.45) is 0 Å². The second kappa shape index (κ2) is 14.2. The lowest BCUT2D eigenvalue weighted by atomic mass is 10.00. The van der Waals surface area contributed by atoms with Crippen LogP contribution in [0.25, 0.3) is 117 Å². The second-order valence-corrected chi connectivity index (χ2v) is 15.3. The molecule has 0 aliphatic rings. The number of benzene rings is 8. The molecular weight excluding hydrogens is 745 g/mol. The van der Waals surface area contributed by atoms with E-state index in [4.69, 9.17) is 24.9 Å². The summed E-state index contributed by atoms with van der Waals surface area (Å²) in [5, 5.41) is 5.39. The third-order valence-corrected chi connectivity index (χ3v) is 11.6. The fourth-order valence-electron chi connectivity index (χ4n) is 8.78. The summed E-state index contributed by atoms with van der Waals surface area (Å²) in [7, 11) is 0. The summed E-state index contributed by atoms with van der Waals surface area (Å²) in [4.78, 5) is 26.0. The van der Waals surface area contributed by atoms with E-state index in [0.29, 0.717) is 23.3 Å². The molecule has 12 rings (SSSR count). The van der Waals surface area contributed by atoms with Crippen molar-refractivity contribution < 1.29 is 0 Å². The van der Waals surface area contributed by atoms with Crippen molar-refractivity contribution >= 4 is 49.0 Å². The Hall–Kier alpha value is -8.35. The summed E-state index contributed by atoms with van der Waals surface area (Å²) < 4.78 is 2.41. The lowest BCUT2D eigenvalue weighted by Gasteiger charge is -2.14. The quantitative estimate of drug-likeness (QED) is 0.157. The molecule has 0 bridgehead atoms. The zero-order valence-electron chi connectivity index (χ0n) is 32.8. The molecular formula is C55H34N6. The minimum atomic E-state index is 0.612. The van der Waals surface area contributed by atoms with E-state index in [-0.39, 0.29) is 0 Å². The van der Waals surface area contributed by atoms with Crippen LogP contribution in [0.4, 0.5) is 0 Å². The number of pyridine rings is 1. The molecule has 0 saturated heterocycles. The van der Waals surface area contributed by atoms with Crippen molar-refractivity contribution in [2.75, 3.05) is 0 Å². The Kier molecular flexibility index (Phi) is 8.06. The van der Waals surface area contributed by atoms with Crippen LogP contribution in [-0.2, 0) is 0 Å². The highest BCUT2D eigenvalue weighted by atomic mass is 15.0. The minimum Gasteiger partial charge on any atom is -0.308 e.